The summed E-state index contributed by atoms with van der Waals surface area (Å²) in [7, 11) is 0. The first-order valence-corrected chi connectivity index (χ1v) is 5.75. The fourth-order valence-electron chi connectivity index (χ4n) is 1.69. The zero-order valence-electron chi connectivity index (χ0n) is 10.2. The van der Waals surface area contributed by atoms with Gasteiger partial charge in [0.2, 0.25) is 0 Å². The molecule has 0 fully saturated rings. The SMILES string of the molecule is Cc1ccccc1N=N[C@@]1(N)C=CC=C[C@H]1C. The van der Waals surface area contributed by atoms with E-state index in [0.29, 0.717) is 0 Å². The van der Waals surface area contributed by atoms with Gasteiger partial charge in [-0.05, 0) is 24.6 Å². The molecule has 1 aliphatic rings. The van der Waals surface area contributed by atoms with E-state index in [9.17, 15) is 0 Å². The smallest absolute Gasteiger partial charge is 0.154 e. The van der Waals surface area contributed by atoms with Crippen molar-refractivity contribution in [3.63, 3.8) is 0 Å². The summed E-state index contributed by atoms with van der Waals surface area (Å²) in [4.78, 5) is 0. The van der Waals surface area contributed by atoms with Gasteiger partial charge < -0.3 is 5.73 Å². The number of aryl methyl sites for hydroxylation is 1. The van der Waals surface area contributed by atoms with Crippen molar-refractivity contribution < 1.29 is 0 Å². The van der Waals surface area contributed by atoms with Gasteiger partial charge >= 0.3 is 0 Å². The van der Waals surface area contributed by atoms with Crippen molar-refractivity contribution in [1.29, 1.82) is 0 Å². The molecule has 1 aromatic carbocycles. The van der Waals surface area contributed by atoms with Crippen LogP contribution >= 0.6 is 0 Å². The minimum absolute atomic E-state index is 0.153. The second-order valence-electron chi connectivity index (χ2n) is 4.41. The van der Waals surface area contributed by atoms with Gasteiger partial charge in [0.25, 0.3) is 0 Å². The number of allylic oxidation sites excluding steroid dienone is 2. The first-order chi connectivity index (χ1) is 8.12. The van der Waals surface area contributed by atoms with E-state index in [-0.39, 0.29) is 5.92 Å². The van der Waals surface area contributed by atoms with E-state index in [4.69, 9.17) is 5.73 Å². The minimum atomic E-state index is -0.725. The Bertz CT molecular complexity index is 488. The summed E-state index contributed by atoms with van der Waals surface area (Å²) in [5.41, 5.74) is 7.44. The van der Waals surface area contributed by atoms with E-state index in [1.807, 2.05) is 62.4 Å². The average molecular weight is 227 g/mol. The summed E-state index contributed by atoms with van der Waals surface area (Å²) in [6.45, 7) is 4.05. The molecule has 88 valence electrons. The quantitative estimate of drug-likeness (QED) is 0.772. The lowest BCUT2D eigenvalue weighted by atomic mass is 9.92. The summed E-state index contributed by atoms with van der Waals surface area (Å²) in [5.74, 6) is 0.153. The van der Waals surface area contributed by atoms with Gasteiger partial charge in [-0.3, -0.25) is 0 Å². The third-order valence-corrected chi connectivity index (χ3v) is 3.05. The Labute approximate surface area is 102 Å². The molecule has 0 aromatic heterocycles. The van der Waals surface area contributed by atoms with Crippen LogP contribution in [-0.4, -0.2) is 5.66 Å². The molecule has 0 radical (unpaired) electrons. The van der Waals surface area contributed by atoms with Crippen LogP contribution in [0.5, 0.6) is 0 Å². The van der Waals surface area contributed by atoms with Gasteiger partial charge in [-0.15, -0.1) is 0 Å². The topological polar surface area (TPSA) is 50.7 Å². The van der Waals surface area contributed by atoms with Gasteiger partial charge in [-0.1, -0.05) is 43.4 Å². The largest absolute Gasteiger partial charge is 0.302 e. The Morgan fingerprint density at radius 2 is 2.00 bits per heavy atom. The Balaban J connectivity index is 2.24. The lowest BCUT2D eigenvalue weighted by Crippen LogP contribution is -2.42. The molecule has 0 bridgehead atoms. The van der Waals surface area contributed by atoms with Crippen LogP contribution in [0.3, 0.4) is 0 Å². The molecule has 0 saturated carbocycles. The predicted octanol–water partition coefficient (Wildman–Crippen LogP) is 3.50. The monoisotopic (exact) mass is 227 g/mol. The third kappa shape index (κ3) is 2.50. The molecule has 1 aliphatic carbocycles. The zero-order chi connectivity index (χ0) is 12.3. The fourth-order valence-corrected chi connectivity index (χ4v) is 1.69. The highest BCUT2D eigenvalue weighted by Gasteiger charge is 2.28. The van der Waals surface area contributed by atoms with Crippen molar-refractivity contribution in [3.8, 4) is 0 Å². The van der Waals surface area contributed by atoms with Crippen LogP contribution in [0.4, 0.5) is 5.69 Å². The minimum Gasteiger partial charge on any atom is -0.302 e. The molecular weight excluding hydrogens is 210 g/mol. The highest BCUT2D eigenvalue weighted by Crippen LogP contribution is 2.26. The molecule has 1 aromatic rings. The number of hydrogen-bond acceptors (Lipinski definition) is 3. The fraction of sp³-hybridized carbons (Fsp3) is 0.286. The Hall–Kier alpha value is -1.74. The van der Waals surface area contributed by atoms with Crippen molar-refractivity contribution in [3.05, 3.63) is 54.1 Å². The standard InChI is InChI=1S/C14H17N3/c1-11-7-3-4-9-13(11)16-17-14(15)10-6-5-8-12(14)2/h3-10,12H,15H2,1-2H3/t12-,14+/m1/s1. The summed E-state index contributed by atoms with van der Waals surface area (Å²) >= 11 is 0. The van der Waals surface area contributed by atoms with Crippen LogP contribution < -0.4 is 5.73 Å². The first-order valence-electron chi connectivity index (χ1n) is 5.75. The van der Waals surface area contributed by atoms with Crippen molar-refractivity contribution in [1.82, 2.24) is 0 Å². The number of azo groups is 1. The van der Waals surface area contributed by atoms with Crippen LogP contribution in [0.2, 0.25) is 0 Å². The molecule has 3 nitrogen and oxygen atoms in total. The van der Waals surface area contributed by atoms with Gasteiger partial charge in [-0.25, -0.2) is 0 Å². The van der Waals surface area contributed by atoms with E-state index in [1.165, 1.54) is 0 Å². The molecule has 0 spiro atoms. The van der Waals surface area contributed by atoms with Gasteiger partial charge in [0.05, 0.1) is 5.69 Å². The van der Waals surface area contributed by atoms with E-state index >= 15 is 0 Å². The normalized spacial score (nSPS) is 27.8. The Morgan fingerprint density at radius 3 is 2.71 bits per heavy atom. The maximum atomic E-state index is 6.20. The van der Waals surface area contributed by atoms with Gasteiger partial charge in [0, 0.05) is 5.92 Å². The molecule has 2 atom stereocenters. The Kier molecular flexibility index (Phi) is 3.20. The maximum absolute atomic E-state index is 6.20. The summed E-state index contributed by atoms with van der Waals surface area (Å²) < 4.78 is 0. The highest BCUT2D eigenvalue weighted by molar-refractivity contribution is 5.44. The highest BCUT2D eigenvalue weighted by atomic mass is 15.2. The molecule has 2 N–H and O–H groups in total. The van der Waals surface area contributed by atoms with E-state index in [1.54, 1.807) is 0 Å². The first kappa shape index (κ1) is 11.7. The van der Waals surface area contributed by atoms with Gasteiger partial charge in [0.1, 0.15) is 0 Å². The van der Waals surface area contributed by atoms with Crippen molar-refractivity contribution >= 4 is 5.69 Å². The third-order valence-electron chi connectivity index (χ3n) is 3.05. The number of nitrogens with zero attached hydrogens (tertiary/aromatic N) is 2. The predicted molar refractivity (Wildman–Crippen MR) is 70.1 cm³/mol. The number of rotatable bonds is 2. The molecule has 3 heteroatoms. The van der Waals surface area contributed by atoms with Gasteiger partial charge in [0.15, 0.2) is 5.66 Å². The Morgan fingerprint density at radius 1 is 1.24 bits per heavy atom. The van der Waals surface area contributed by atoms with Crippen LogP contribution in [0.25, 0.3) is 0 Å². The summed E-state index contributed by atoms with van der Waals surface area (Å²) in [6, 6.07) is 7.88. The van der Waals surface area contributed by atoms with Crippen LogP contribution in [0.1, 0.15) is 12.5 Å². The maximum Gasteiger partial charge on any atom is 0.154 e. The van der Waals surface area contributed by atoms with E-state index in [2.05, 4.69) is 10.2 Å². The second-order valence-corrected chi connectivity index (χ2v) is 4.41. The van der Waals surface area contributed by atoms with Crippen molar-refractivity contribution in [2.75, 3.05) is 0 Å². The number of benzene rings is 1. The molecular formula is C14H17N3. The lowest BCUT2D eigenvalue weighted by Gasteiger charge is -2.26. The van der Waals surface area contributed by atoms with Crippen molar-refractivity contribution in [2.24, 2.45) is 21.9 Å². The van der Waals surface area contributed by atoms with Crippen LogP contribution in [-0.2, 0) is 0 Å². The average Bonchev–Trinajstić information content (AvgIpc) is 2.32. The molecule has 2 rings (SSSR count). The second kappa shape index (κ2) is 4.63. The lowest BCUT2D eigenvalue weighted by molar-refractivity contribution is 0.417. The van der Waals surface area contributed by atoms with E-state index < -0.39 is 5.66 Å². The number of hydrogen-bond donors (Lipinski definition) is 1. The molecule has 0 heterocycles. The molecule has 17 heavy (non-hydrogen) atoms. The molecule has 0 amide bonds. The summed E-state index contributed by atoms with van der Waals surface area (Å²) in [6.07, 6.45) is 7.83. The van der Waals surface area contributed by atoms with Crippen LogP contribution in [0, 0.1) is 12.8 Å². The van der Waals surface area contributed by atoms with E-state index in [0.717, 1.165) is 11.3 Å². The number of nitrogens with two attached hydrogens (primary N) is 1. The molecule has 0 saturated heterocycles. The summed E-state index contributed by atoms with van der Waals surface area (Å²) in [5, 5.41) is 8.56. The van der Waals surface area contributed by atoms with Crippen LogP contribution in [0.15, 0.2) is 58.8 Å². The zero-order valence-corrected chi connectivity index (χ0v) is 10.2. The molecule has 0 unspecified atom stereocenters. The molecule has 0 aliphatic heterocycles. The van der Waals surface area contributed by atoms with Gasteiger partial charge in [-0.2, -0.15) is 10.2 Å². The van der Waals surface area contributed by atoms with Crippen molar-refractivity contribution in [2.45, 2.75) is 19.5 Å².